The summed E-state index contributed by atoms with van der Waals surface area (Å²) in [4.78, 5) is 13.2. The minimum atomic E-state index is -6.04. The van der Waals surface area contributed by atoms with E-state index >= 15 is 0 Å². The third-order valence-electron chi connectivity index (χ3n) is 3.86. The number of halogens is 8. The lowest BCUT2D eigenvalue weighted by molar-refractivity contribution is -0.289. The molecule has 0 spiro atoms. The molecule has 0 aliphatic rings. The van der Waals surface area contributed by atoms with Gasteiger partial charge in [-0.2, -0.15) is 44.6 Å². The van der Waals surface area contributed by atoms with Crippen molar-refractivity contribution in [2.45, 2.75) is 18.3 Å². The first kappa shape index (κ1) is 21.7. The number of aromatic nitrogens is 3. The highest BCUT2D eigenvalue weighted by Crippen LogP contribution is 2.46. The third-order valence-corrected chi connectivity index (χ3v) is 4.41. The lowest BCUT2D eigenvalue weighted by Crippen LogP contribution is -2.37. The van der Waals surface area contributed by atoms with Crippen molar-refractivity contribution in [3.8, 4) is 0 Å². The van der Waals surface area contributed by atoms with Gasteiger partial charge in [0.25, 0.3) is 5.91 Å². The Morgan fingerprint density at radius 2 is 1.63 bits per heavy atom. The van der Waals surface area contributed by atoms with Crippen LogP contribution >= 0.6 is 11.5 Å². The maximum atomic E-state index is 14.0. The number of hydrogen-bond donors (Lipinski definition) is 1. The second kappa shape index (κ2) is 7.34. The van der Waals surface area contributed by atoms with Gasteiger partial charge in [0, 0.05) is 16.5 Å². The number of alkyl halides is 8. The van der Waals surface area contributed by atoms with Gasteiger partial charge in [0.15, 0.2) is 5.82 Å². The number of carbonyl (C=O) groups is 1. The Balaban J connectivity index is 2.20. The van der Waals surface area contributed by atoms with E-state index < -0.39 is 52.5 Å². The van der Waals surface area contributed by atoms with Crippen molar-refractivity contribution in [1.29, 1.82) is 0 Å². The molecule has 0 radical (unpaired) electrons. The molecular formula is C16H8F8N4OS. The number of nitrogens with one attached hydrogen (secondary N) is 1. The number of anilines is 2. The molecule has 0 fully saturated rings. The van der Waals surface area contributed by atoms with E-state index in [4.69, 9.17) is 0 Å². The van der Waals surface area contributed by atoms with Crippen LogP contribution in [-0.2, 0) is 12.1 Å². The summed E-state index contributed by atoms with van der Waals surface area (Å²) >= 11 is 0.718. The summed E-state index contributed by atoms with van der Waals surface area (Å²) in [6.45, 7) is 0. The summed E-state index contributed by atoms with van der Waals surface area (Å²) in [7, 11) is 0. The second-order valence-corrected chi connectivity index (χ2v) is 6.41. The maximum Gasteiger partial charge on any atom is 0.458 e. The Morgan fingerprint density at radius 1 is 0.967 bits per heavy atom. The summed E-state index contributed by atoms with van der Waals surface area (Å²) in [5.41, 5.74) is -4.31. The van der Waals surface area contributed by atoms with E-state index in [0.29, 0.717) is 18.3 Å². The minimum Gasteiger partial charge on any atom is -0.268 e. The number of rotatable bonds is 4. The molecule has 160 valence electrons. The van der Waals surface area contributed by atoms with Crippen LogP contribution in [0.5, 0.6) is 0 Å². The van der Waals surface area contributed by atoms with Crippen molar-refractivity contribution in [1.82, 2.24) is 14.6 Å². The van der Waals surface area contributed by atoms with Crippen LogP contribution in [0.15, 0.2) is 41.9 Å². The fraction of sp³-hybridized carbons (Fsp3) is 0.188. The molecule has 1 amide bonds. The molecule has 5 nitrogen and oxygen atoms in total. The van der Waals surface area contributed by atoms with Crippen molar-refractivity contribution in [3.63, 3.8) is 0 Å². The highest BCUT2D eigenvalue weighted by molar-refractivity contribution is 7.03. The maximum absolute atomic E-state index is 14.0. The van der Waals surface area contributed by atoms with Gasteiger partial charge in [-0.3, -0.25) is 9.89 Å². The topological polar surface area (TPSA) is 61.9 Å². The molecule has 0 atom stereocenters. The highest BCUT2D eigenvalue weighted by atomic mass is 32.1. The molecule has 0 aliphatic heterocycles. The Kier molecular flexibility index (Phi) is 5.30. The van der Waals surface area contributed by atoms with E-state index in [9.17, 15) is 39.9 Å². The molecule has 1 N–H and O–H groups in total. The van der Waals surface area contributed by atoms with Gasteiger partial charge in [0.05, 0.1) is 6.20 Å². The zero-order chi connectivity index (χ0) is 22.3. The Hall–Kier alpha value is -3.03. The van der Waals surface area contributed by atoms with Crippen LogP contribution in [0, 0.1) is 0 Å². The Morgan fingerprint density at radius 3 is 2.20 bits per heavy atom. The minimum absolute atomic E-state index is 0.248. The van der Waals surface area contributed by atoms with Gasteiger partial charge in [-0.05, 0) is 23.7 Å². The van der Waals surface area contributed by atoms with E-state index in [0.717, 1.165) is 29.7 Å². The van der Waals surface area contributed by atoms with Crippen LogP contribution in [0.2, 0.25) is 0 Å². The Bertz CT molecular complexity index is 1040. The van der Waals surface area contributed by atoms with Crippen molar-refractivity contribution in [3.05, 3.63) is 58.6 Å². The van der Waals surface area contributed by atoms with Gasteiger partial charge in [-0.25, -0.2) is 4.90 Å². The van der Waals surface area contributed by atoms with Crippen molar-refractivity contribution in [2.75, 3.05) is 4.90 Å². The zero-order valence-electron chi connectivity index (χ0n) is 14.2. The molecule has 2 aromatic heterocycles. The molecule has 0 saturated carbocycles. The zero-order valence-corrected chi connectivity index (χ0v) is 15.0. The SMILES string of the molecule is O=C(c1ccccc1C(F)(F)C(F)(F)F)N(c1ccsn1)c1[nH]ncc1C(F)(F)F. The number of carbonyl (C=O) groups excluding carboxylic acids is 1. The average molecular weight is 456 g/mol. The number of amides is 1. The quantitative estimate of drug-likeness (QED) is 0.526. The van der Waals surface area contributed by atoms with E-state index in [-0.39, 0.29) is 4.90 Å². The molecule has 1 aromatic carbocycles. The fourth-order valence-corrected chi connectivity index (χ4v) is 3.01. The molecule has 0 bridgehead atoms. The molecule has 2 heterocycles. The van der Waals surface area contributed by atoms with Crippen molar-refractivity contribution in [2.24, 2.45) is 0 Å². The summed E-state index contributed by atoms with van der Waals surface area (Å²) in [6, 6.07) is 3.96. The molecule has 0 aliphatic carbocycles. The van der Waals surface area contributed by atoms with Crippen LogP contribution in [-0.4, -0.2) is 26.7 Å². The fourth-order valence-electron chi connectivity index (χ4n) is 2.52. The lowest BCUT2D eigenvalue weighted by Gasteiger charge is -2.25. The molecular weight excluding hydrogens is 448 g/mol. The van der Waals surface area contributed by atoms with Crippen molar-refractivity contribution < 1.29 is 39.9 Å². The lowest BCUT2D eigenvalue weighted by atomic mass is 9.99. The van der Waals surface area contributed by atoms with Gasteiger partial charge < -0.3 is 0 Å². The molecule has 3 rings (SSSR count). The van der Waals surface area contributed by atoms with Crippen molar-refractivity contribution >= 4 is 29.1 Å². The molecule has 30 heavy (non-hydrogen) atoms. The van der Waals surface area contributed by atoms with E-state index in [1.807, 2.05) is 5.10 Å². The number of hydrogen-bond acceptors (Lipinski definition) is 4. The van der Waals surface area contributed by atoms with Gasteiger partial charge in [0.2, 0.25) is 0 Å². The first-order valence-corrected chi connectivity index (χ1v) is 8.59. The van der Waals surface area contributed by atoms with E-state index in [2.05, 4.69) is 9.47 Å². The molecule has 3 aromatic rings. The molecule has 14 heteroatoms. The second-order valence-electron chi connectivity index (χ2n) is 5.75. The smallest absolute Gasteiger partial charge is 0.268 e. The highest BCUT2D eigenvalue weighted by Gasteiger charge is 2.60. The van der Waals surface area contributed by atoms with Crippen LogP contribution in [0.25, 0.3) is 0 Å². The summed E-state index contributed by atoms with van der Waals surface area (Å²) in [6.07, 6.45) is -10.7. The van der Waals surface area contributed by atoms with Gasteiger partial charge in [0.1, 0.15) is 11.4 Å². The largest absolute Gasteiger partial charge is 0.458 e. The summed E-state index contributed by atoms with van der Waals surface area (Å²) in [5.74, 6) is -8.43. The Labute approximate surface area is 166 Å². The third kappa shape index (κ3) is 3.74. The molecule has 0 saturated heterocycles. The number of H-pyrrole nitrogens is 1. The van der Waals surface area contributed by atoms with Crippen LogP contribution < -0.4 is 4.90 Å². The first-order chi connectivity index (χ1) is 13.9. The number of benzene rings is 1. The predicted molar refractivity (Wildman–Crippen MR) is 88.6 cm³/mol. The van der Waals surface area contributed by atoms with Gasteiger partial charge >= 0.3 is 18.3 Å². The van der Waals surface area contributed by atoms with Crippen LogP contribution in [0.4, 0.5) is 46.8 Å². The predicted octanol–water partition coefficient (Wildman–Crippen LogP) is 5.52. The monoisotopic (exact) mass is 456 g/mol. The summed E-state index contributed by atoms with van der Waals surface area (Å²) < 4.78 is 110. The number of aromatic amines is 1. The van der Waals surface area contributed by atoms with Gasteiger partial charge in [-0.1, -0.05) is 18.2 Å². The van der Waals surface area contributed by atoms with Crippen LogP contribution in [0.1, 0.15) is 21.5 Å². The number of nitrogens with zero attached hydrogens (tertiary/aromatic N) is 3. The summed E-state index contributed by atoms with van der Waals surface area (Å²) in [5, 5.41) is 6.42. The first-order valence-electron chi connectivity index (χ1n) is 7.75. The van der Waals surface area contributed by atoms with Gasteiger partial charge in [-0.15, -0.1) is 0 Å². The average Bonchev–Trinajstić information content (AvgIpc) is 3.33. The standard InChI is InChI=1S/C16H8F8N4OS/c17-14(18,16(22,23)24)9-4-2-1-3-8(9)13(29)28(11-5-6-30-27-11)12-10(7-25-26-12)15(19,20)21/h1-7H,(H,25,26). The molecule has 0 unspecified atom stereocenters. The van der Waals surface area contributed by atoms with E-state index in [1.165, 1.54) is 5.38 Å². The van der Waals surface area contributed by atoms with E-state index in [1.54, 1.807) is 0 Å². The normalized spacial score (nSPS) is 12.8. The van der Waals surface area contributed by atoms with Crippen LogP contribution in [0.3, 0.4) is 0 Å².